The lowest BCUT2D eigenvalue weighted by atomic mass is 9.78. The number of nitrogens with two attached hydrogens (primary N) is 1. The Balaban J connectivity index is 2.77. The Kier molecular flexibility index (Phi) is 5.90. The van der Waals surface area contributed by atoms with Crippen LogP contribution in [-0.4, -0.2) is 42.8 Å². The summed E-state index contributed by atoms with van der Waals surface area (Å²) in [5, 5.41) is 0. The molecule has 0 radical (unpaired) electrons. The molecule has 0 aromatic heterocycles. The number of nitrogens with zero attached hydrogens (tertiary/aromatic N) is 1. The zero-order valence-corrected chi connectivity index (χ0v) is 12.0. The van der Waals surface area contributed by atoms with Gasteiger partial charge in [0.1, 0.15) is 0 Å². The minimum absolute atomic E-state index is 0.125. The number of rotatable bonds is 6. The van der Waals surface area contributed by atoms with Gasteiger partial charge in [-0.15, -0.1) is 0 Å². The fourth-order valence-corrected chi connectivity index (χ4v) is 3.05. The van der Waals surface area contributed by atoms with E-state index in [9.17, 15) is 0 Å². The lowest BCUT2D eigenvalue weighted by Crippen LogP contribution is -2.62. The quantitative estimate of drug-likeness (QED) is 0.776. The standard InChI is InChI=1S/C14H30N2O/c1-5-12(6-2)13(15)14(4,7-3)16-8-10-17-11-9-16/h12-13H,5-11,15H2,1-4H3. The lowest BCUT2D eigenvalue weighted by Gasteiger charge is -2.48. The Hall–Kier alpha value is -0.120. The highest BCUT2D eigenvalue weighted by Gasteiger charge is 2.39. The van der Waals surface area contributed by atoms with Crippen LogP contribution in [0.15, 0.2) is 0 Å². The fourth-order valence-electron chi connectivity index (χ4n) is 3.05. The van der Waals surface area contributed by atoms with Gasteiger partial charge >= 0.3 is 0 Å². The van der Waals surface area contributed by atoms with Gasteiger partial charge in [-0.2, -0.15) is 0 Å². The summed E-state index contributed by atoms with van der Waals surface area (Å²) in [4.78, 5) is 2.54. The van der Waals surface area contributed by atoms with Crippen molar-refractivity contribution in [1.82, 2.24) is 4.90 Å². The number of hydrogen-bond acceptors (Lipinski definition) is 3. The van der Waals surface area contributed by atoms with Crippen LogP contribution in [0.3, 0.4) is 0 Å². The molecule has 2 atom stereocenters. The van der Waals surface area contributed by atoms with Gasteiger partial charge in [0, 0.05) is 24.7 Å². The van der Waals surface area contributed by atoms with Crippen LogP contribution in [0.4, 0.5) is 0 Å². The molecule has 1 rings (SSSR count). The Morgan fingerprint density at radius 2 is 1.71 bits per heavy atom. The molecule has 102 valence electrons. The average molecular weight is 242 g/mol. The molecule has 0 bridgehead atoms. The van der Waals surface area contributed by atoms with Crippen LogP contribution in [0.2, 0.25) is 0 Å². The summed E-state index contributed by atoms with van der Waals surface area (Å²) in [5.41, 5.74) is 6.70. The zero-order chi connectivity index (χ0) is 12.9. The molecule has 0 aromatic carbocycles. The topological polar surface area (TPSA) is 38.5 Å². The summed E-state index contributed by atoms with van der Waals surface area (Å²) < 4.78 is 5.45. The molecule has 17 heavy (non-hydrogen) atoms. The molecule has 3 nitrogen and oxygen atoms in total. The van der Waals surface area contributed by atoms with E-state index in [1.54, 1.807) is 0 Å². The van der Waals surface area contributed by atoms with Gasteiger partial charge in [0.05, 0.1) is 13.2 Å². The largest absolute Gasteiger partial charge is 0.379 e. The third kappa shape index (κ3) is 3.21. The van der Waals surface area contributed by atoms with Crippen molar-refractivity contribution >= 4 is 0 Å². The third-order valence-corrected chi connectivity index (χ3v) is 4.72. The molecule has 1 aliphatic rings. The summed E-state index contributed by atoms with van der Waals surface area (Å²) in [5.74, 6) is 0.628. The van der Waals surface area contributed by atoms with Gasteiger partial charge in [-0.1, -0.05) is 33.6 Å². The van der Waals surface area contributed by atoms with Crippen LogP contribution >= 0.6 is 0 Å². The Bertz CT molecular complexity index is 212. The Morgan fingerprint density at radius 3 is 2.12 bits per heavy atom. The molecule has 0 spiro atoms. The molecule has 1 saturated heterocycles. The molecule has 0 aromatic rings. The first kappa shape index (κ1) is 14.9. The van der Waals surface area contributed by atoms with Crippen molar-refractivity contribution in [2.24, 2.45) is 11.7 Å². The minimum atomic E-state index is 0.125. The second-order valence-electron chi connectivity index (χ2n) is 5.41. The molecule has 0 aliphatic carbocycles. The van der Waals surface area contributed by atoms with Gasteiger partial charge in [0.15, 0.2) is 0 Å². The fraction of sp³-hybridized carbons (Fsp3) is 1.00. The van der Waals surface area contributed by atoms with Crippen LogP contribution in [0.5, 0.6) is 0 Å². The number of ether oxygens (including phenoxy) is 1. The van der Waals surface area contributed by atoms with Crippen molar-refractivity contribution in [3.8, 4) is 0 Å². The molecule has 0 saturated carbocycles. The van der Waals surface area contributed by atoms with Crippen molar-refractivity contribution in [1.29, 1.82) is 0 Å². The Labute approximate surface area is 107 Å². The van der Waals surface area contributed by atoms with E-state index in [2.05, 4.69) is 32.6 Å². The van der Waals surface area contributed by atoms with Gasteiger partial charge in [0.25, 0.3) is 0 Å². The Morgan fingerprint density at radius 1 is 1.18 bits per heavy atom. The molecule has 1 heterocycles. The smallest absolute Gasteiger partial charge is 0.0594 e. The van der Waals surface area contributed by atoms with Gasteiger partial charge in [-0.3, -0.25) is 4.90 Å². The van der Waals surface area contributed by atoms with Crippen molar-refractivity contribution in [3.05, 3.63) is 0 Å². The van der Waals surface area contributed by atoms with Crippen LogP contribution in [0.1, 0.15) is 47.0 Å². The van der Waals surface area contributed by atoms with Crippen LogP contribution in [-0.2, 0) is 4.74 Å². The van der Waals surface area contributed by atoms with Crippen molar-refractivity contribution in [2.75, 3.05) is 26.3 Å². The molecular formula is C14H30N2O. The first-order valence-corrected chi connectivity index (χ1v) is 7.18. The van der Waals surface area contributed by atoms with Crippen molar-refractivity contribution in [3.63, 3.8) is 0 Å². The summed E-state index contributed by atoms with van der Waals surface area (Å²) in [7, 11) is 0. The zero-order valence-electron chi connectivity index (χ0n) is 12.0. The monoisotopic (exact) mass is 242 g/mol. The number of morpholine rings is 1. The maximum Gasteiger partial charge on any atom is 0.0594 e. The lowest BCUT2D eigenvalue weighted by molar-refractivity contribution is -0.0353. The van der Waals surface area contributed by atoms with E-state index in [0.29, 0.717) is 5.92 Å². The molecule has 3 heteroatoms. The molecule has 2 unspecified atom stereocenters. The van der Waals surface area contributed by atoms with Crippen LogP contribution < -0.4 is 5.73 Å². The predicted molar refractivity (Wildman–Crippen MR) is 73.1 cm³/mol. The van der Waals surface area contributed by atoms with Gasteiger partial charge in [-0.25, -0.2) is 0 Å². The highest BCUT2D eigenvalue weighted by Crippen LogP contribution is 2.30. The van der Waals surface area contributed by atoms with Crippen molar-refractivity contribution in [2.45, 2.75) is 58.5 Å². The minimum Gasteiger partial charge on any atom is -0.379 e. The maximum absolute atomic E-state index is 6.58. The highest BCUT2D eigenvalue weighted by molar-refractivity contribution is 4.97. The van der Waals surface area contributed by atoms with Crippen molar-refractivity contribution < 1.29 is 4.74 Å². The first-order valence-electron chi connectivity index (χ1n) is 7.18. The molecule has 1 fully saturated rings. The van der Waals surface area contributed by atoms with Crippen LogP contribution in [0.25, 0.3) is 0 Å². The summed E-state index contributed by atoms with van der Waals surface area (Å²) in [6.07, 6.45) is 3.47. The summed E-state index contributed by atoms with van der Waals surface area (Å²) >= 11 is 0. The van der Waals surface area contributed by atoms with E-state index in [1.807, 2.05) is 0 Å². The van der Waals surface area contributed by atoms with E-state index < -0.39 is 0 Å². The van der Waals surface area contributed by atoms with Gasteiger partial charge < -0.3 is 10.5 Å². The van der Waals surface area contributed by atoms with E-state index >= 15 is 0 Å². The van der Waals surface area contributed by atoms with Crippen LogP contribution in [0, 0.1) is 5.92 Å². The summed E-state index contributed by atoms with van der Waals surface area (Å²) in [6.45, 7) is 12.9. The van der Waals surface area contributed by atoms with Gasteiger partial charge in [-0.05, 0) is 19.3 Å². The second kappa shape index (κ2) is 6.72. The molecule has 2 N–H and O–H groups in total. The summed E-state index contributed by atoms with van der Waals surface area (Å²) in [6, 6.07) is 0.264. The second-order valence-corrected chi connectivity index (χ2v) is 5.41. The van der Waals surface area contributed by atoms with E-state index in [1.165, 1.54) is 12.8 Å². The van der Waals surface area contributed by atoms with E-state index in [-0.39, 0.29) is 11.6 Å². The average Bonchev–Trinajstić information content (AvgIpc) is 2.40. The molecule has 0 amide bonds. The molecule has 1 aliphatic heterocycles. The third-order valence-electron chi connectivity index (χ3n) is 4.72. The molecular weight excluding hydrogens is 212 g/mol. The predicted octanol–water partition coefficient (Wildman–Crippen LogP) is 2.25. The van der Waals surface area contributed by atoms with E-state index in [0.717, 1.165) is 32.7 Å². The van der Waals surface area contributed by atoms with E-state index in [4.69, 9.17) is 10.5 Å². The van der Waals surface area contributed by atoms with Gasteiger partial charge in [0.2, 0.25) is 0 Å². The first-order chi connectivity index (χ1) is 8.10. The highest BCUT2D eigenvalue weighted by atomic mass is 16.5. The normalized spacial score (nSPS) is 23.6. The SMILES string of the molecule is CCC(CC)C(N)C(C)(CC)N1CCOCC1. The maximum atomic E-state index is 6.58. The number of hydrogen-bond donors (Lipinski definition) is 1.